The largest absolute Gasteiger partial charge is 0.393 e. The molecule has 0 aromatic heterocycles. The minimum Gasteiger partial charge on any atom is -0.393 e. The van der Waals surface area contributed by atoms with Gasteiger partial charge in [-0.25, -0.2) is 0 Å². The minimum absolute atomic E-state index is 0.0661. The molecule has 2 heterocycles. The van der Waals surface area contributed by atoms with E-state index in [4.69, 9.17) is 9.47 Å². The Morgan fingerprint density at radius 2 is 1.24 bits per heavy atom. The molecule has 2 aliphatic heterocycles. The molecule has 6 heteroatoms. The van der Waals surface area contributed by atoms with E-state index in [1.54, 1.807) is 0 Å². The van der Waals surface area contributed by atoms with Crippen LogP contribution in [0.4, 0.5) is 0 Å². The maximum Gasteiger partial charge on any atom is 0.318 e. The molecular formula is C15H12O6. The van der Waals surface area contributed by atoms with E-state index in [-0.39, 0.29) is 23.7 Å². The fraction of sp³-hybridized carbons (Fsp3) is 0.600. The lowest BCUT2D eigenvalue weighted by Gasteiger charge is -2.60. The molecule has 0 N–H and O–H groups in total. The molecule has 0 radical (unpaired) electrons. The second-order valence-electron chi connectivity index (χ2n) is 6.75. The van der Waals surface area contributed by atoms with Crippen LogP contribution in [0.25, 0.3) is 0 Å². The van der Waals surface area contributed by atoms with Crippen molar-refractivity contribution in [1.29, 1.82) is 0 Å². The summed E-state index contributed by atoms with van der Waals surface area (Å²) in [7, 11) is 0. The maximum atomic E-state index is 12.0. The highest BCUT2D eigenvalue weighted by Gasteiger charge is 2.75. The van der Waals surface area contributed by atoms with Crippen molar-refractivity contribution in [2.24, 2.45) is 47.3 Å². The minimum atomic E-state index is -0.489. The fourth-order valence-electron chi connectivity index (χ4n) is 5.60. The number of carbonyl (C=O) groups is 4. The van der Waals surface area contributed by atoms with Gasteiger partial charge in [0.1, 0.15) is 0 Å². The van der Waals surface area contributed by atoms with Crippen LogP contribution >= 0.6 is 0 Å². The summed E-state index contributed by atoms with van der Waals surface area (Å²) in [6.07, 6.45) is 2.00. The summed E-state index contributed by atoms with van der Waals surface area (Å²) in [5.41, 5.74) is 1.03. The topological polar surface area (TPSA) is 86.7 Å². The number of rotatable bonds is 0. The lowest BCUT2D eigenvalue weighted by atomic mass is 9.39. The first-order valence-corrected chi connectivity index (χ1v) is 7.20. The lowest BCUT2D eigenvalue weighted by molar-refractivity contribution is -0.168. The molecule has 6 rings (SSSR count). The highest BCUT2D eigenvalue weighted by molar-refractivity contribution is 6.01. The van der Waals surface area contributed by atoms with Crippen LogP contribution in [0, 0.1) is 47.3 Å². The van der Waals surface area contributed by atoms with Crippen LogP contribution in [0.1, 0.15) is 6.92 Å². The Hall–Kier alpha value is -1.98. The Morgan fingerprint density at radius 1 is 0.714 bits per heavy atom. The first-order valence-electron chi connectivity index (χ1n) is 7.20. The van der Waals surface area contributed by atoms with Gasteiger partial charge < -0.3 is 9.47 Å². The van der Waals surface area contributed by atoms with E-state index in [9.17, 15) is 19.2 Å². The van der Waals surface area contributed by atoms with Crippen LogP contribution in [0.15, 0.2) is 11.6 Å². The first-order chi connectivity index (χ1) is 10.0. The quantitative estimate of drug-likeness (QED) is 0.356. The van der Waals surface area contributed by atoms with E-state index in [1.165, 1.54) is 0 Å². The van der Waals surface area contributed by atoms with E-state index < -0.39 is 47.5 Å². The molecule has 8 atom stereocenters. The predicted octanol–water partition coefficient (Wildman–Crippen LogP) is 0.0699. The summed E-state index contributed by atoms with van der Waals surface area (Å²) in [4.78, 5) is 47.7. The van der Waals surface area contributed by atoms with Crippen LogP contribution in [-0.2, 0) is 28.7 Å². The van der Waals surface area contributed by atoms with Gasteiger partial charge >= 0.3 is 23.9 Å². The Kier molecular flexibility index (Phi) is 1.81. The van der Waals surface area contributed by atoms with E-state index in [2.05, 4.69) is 0 Å². The van der Waals surface area contributed by atoms with E-state index in [1.807, 2.05) is 13.0 Å². The van der Waals surface area contributed by atoms with Crippen molar-refractivity contribution in [2.75, 3.05) is 0 Å². The third-order valence-electron chi connectivity index (χ3n) is 6.18. The molecule has 6 nitrogen and oxygen atoms in total. The number of hydrogen-bond acceptors (Lipinski definition) is 6. The molecule has 0 unspecified atom stereocenters. The zero-order chi connectivity index (χ0) is 14.6. The molecule has 0 aromatic rings. The number of ether oxygens (including phenoxy) is 2. The molecule has 0 amide bonds. The highest BCUT2D eigenvalue weighted by atomic mass is 16.6. The molecule has 21 heavy (non-hydrogen) atoms. The predicted molar refractivity (Wildman–Crippen MR) is 63.9 cm³/mol. The van der Waals surface area contributed by atoms with Crippen LogP contribution in [0.3, 0.4) is 0 Å². The third kappa shape index (κ3) is 1.06. The monoisotopic (exact) mass is 288 g/mol. The molecule has 0 spiro atoms. The van der Waals surface area contributed by atoms with Crippen LogP contribution in [0.2, 0.25) is 0 Å². The lowest BCUT2D eigenvalue weighted by Crippen LogP contribution is -2.64. The molecule has 2 bridgehead atoms. The normalized spacial score (nSPS) is 52.5. The van der Waals surface area contributed by atoms with Crippen molar-refractivity contribution in [3.8, 4) is 0 Å². The number of cyclic esters (lactones) is 4. The van der Waals surface area contributed by atoms with Crippen molar-refractivity contribution < 1.29 is 28.7 Å². The number of hydrogen-bond donors (Lipinski definition) is 0. The zero-order valence-corrected chi connectivity index (χ0v) is 11.1. The molecule has 0 aromatic carbocycles. The standard InChI is InChI=1S/C15H12O6/c1-3-2-4-6-8(11-10(6)14(18)21-15(11)19)5(3)9-7(4)12(16)20-13(9)17/h2,4-11H,1H3/t4-,5-,6-,7-,8-,9+,10+,11-/m1/s1. The fourth-order valence-corrected chi connectivity index (χ4v) is 5.60. The molecule has 2 saturated heterocycles. The third-order valence-corrected chi connectivity index (χ3v) is 6.18. The van der Waals surface area contributed by atoms with Gasteiger partial charge in [-0.05, 0) is 30.6 Å². The molecule has 108 valence electrons. The van der Waals surface area contributed by atoms with Gasteiger partial charge in [-0.2, -0.15) is 0 Å². The average molecular weight is 288 g/mol. The van der Waals surface area contributed by atoms with Crippen molar-refractivity contribution >= 4 is 23.9 Å². The number of carbonyl (C=O) groups excluding carboxylic acids is 4. The van der Waals surface area contributed by atoms with E-state index >= 15 is 0 Å². The van der Waals surface area contributed by atoms with Crippen LogP contribution < -0.4 is 0 Å². The second kappa shape index (κ2) is 3.26. The van der Waals surface area contributed by atoms with Gasteiger partial charge in [-0.15, -0.1) is 0 Å². The summed E-state index contributed by atoms with van der Waals surface area (Å²) < 4.78 is 9.60. The van der Waals surface area contributed by atoms with Crippen molar-refractivity contribution in [2.45, 2.75) is 6.92 Å². The van der Waals surface area contributed by atoms with Crippen molar-refractivity contribution in [3.05, 3.63) is 11.6 Å². The Balaban J connectivity index is 1.66. The van der Waals surface area contributed by atoms with Gasteiger partial charge in [0.15, 0.2) is 0 Å². The maximum absolute atomic E-state index is 12.0. The number of fused-ring (bicyclic) bond motifs is 1. The summed E-state index contributed by atoms with van der Waals surface area (Å²) in [6, 6.07) is 0. The number of allylic oxidation sites excluding steroid dienone is 2. The summed E-state index contributed by atoms with van der Waals surface area (Å²) in [5, 5.41) is 0. The Morgan fingerprint density at radius 3 is 1.90 bits per heavy atom. The number of esters is 4. The van der Waals surface area contributed by atoms with Gasteiger partial charge in [0, 0.05) is 0 Å². The zero-order valence-electron chi connectivity index (χ0n) is 11.1. The Bertz CT molecular complexity index is 676. The summed E-state index contributed by atoms with van der Waals surface area (Å²) >= 11 is 0. The average Bonchev–Trinajstić information content (AvgIpc) is 2.79. The van der Waals surface area contributed by atoms with Gasteiger partial charge in [0.2, 0.25) is 0 Å². The van der Waals surface area contributed by atoms with Gasteiger partial charge in [0.25, 0.3) is 0 Å². The van der Waals surface area contributed by atoms with Crippen molar-refractivity contribution in [1.82, 2.24) is 0 Å². The molecule has 2 saturated carbocycles. The van der Waals surface area contributed by atoms with Gasteiger partial charge in [0.05, 0.1) is 23.7 Å². The Labute approximate surface area is 119 Å². The highest BCUT2D eigenvalue weighted by Crippen LogP contribution is 2.69. The summed E-state index contributed by atoms with van der Waals surface area (Å²) in [5.74, 6) is -4.27. The summed E-state index contributed by atoms with van der Waals surface area (Å²) in [6.45, 7) is 1.93. The first kappa shape index (κ1) is 11.7. The second-order valence-corrected chi connectivity index (χ2v) is 6.75. The smallest absolute Gasteiger partial charge is 0.318 e. The van der Waals surface area contributed by atoms with E-state index in [0.29, 0.717) is 0 Å². The van der Waals surface area contributed by atoms with E-state index in [0.717, 1.165) is 5.57 Å². The molecule has 4 fully saturated rings. The molecule has 4 aliphatic carbocycles. The SMILES string of the molecule is CC1=C[C@H]2[C@H]3C(=O)OC(=O)[C@H]3[C@H]1[C@H]1[C@H]3C(=O)OC(=O)[C@H]3[C@H]21. The van der Waals surface area contributed by atoms with Gasteiger partial charge in [-0.1, -0.05) is 11.6 Å². The molecule has 6 aliphatic rings. The molecular weight excluding hydrogens is 276 g/mol. The van der Waals surface area contributed by atoms with Gasteiger partial charge in [-0.3, -0.25) is 19.2 Å². The van der Waals surface area contributed by atoms with Crippen molar-refractivity contribution in [3.63, 3.8) is 0 Å². The van der Waals surface area contributed by atoms with Crippen LogP contribution in [-0.4, -0.2) is 23.9 Å². The van der Waals surface area contributed by atoms with Crippen LogP contribution in [0.5, 0.6) is 0 Å².